The molecule has 2 rings (SSSR count). The Morgan fingerprint density at radius 3 is 1.19 bits per heavy atom. The van der Waals surface area contributed by atoms with Crippen LogP contribution in [0.3, 0.4) is 0 Å². The third-order valence-electron chi connectivity index (χ3n) is 6.32. The monoisotopic (exact) mass is 435 g/mol. The summed E-state index contributed by atoms with van der Waals surface area (Å²) in [6.07, 6.45) is 23.4. The first-order valence-corrected chi connectivity index (χ1v) is 13.5. The normalized spacial score (nSPS) is 11.3. The first-order valence-electron chi connectivity index (χ1n) is 13.5. The summed E-state index contributed by atoms with van der Waals surface area (Å²) in [5.41, 5.74) is 2.32. The molecule has 0 heterocycles. The Kier molecular flexibility index (Phi) is 15.8. The lowest BCUT2D eigenvalue weighted by Crippen LogP contribution is -2.08. The van der Waals surface area contributed by atoms with Gasteiger partial charge in [-0.1, -0.05) is 164 Å². The van der Waals surface area contributed by atoms with Crippen LogP contribution in [-0.2, 0) is 4.74 Å². The molecule has 0 amide bonds. The molecule has 0 aliphatic rings. The molecule has 1 radical (unpaired) electrons. The largest absolute Gasteiger partial charge is 0.362 e. The van der Waals surface area contributed by atoms with Gasteiger partial charge in [0.25, 0.3) is 0 Å². The minimum atomic E-state index is 0.803. The molecule has 0 saturated carbocycles. The minimum absolute atomic E-state index is 0.803. The van der Waals surface area contributed by atoms with Crippen molar-refractivity contribution < 1.29 is 4.74 Å². The lowest BCUT2D eigenvalue weighted by atomic mass is 10.0. The molecular weight excluding hydrogens is 388 g/mol. The maximum atomic E-state index is 6.25. The first kappa shape index (κ1) is 26.7. The summed E-state index contributed by atoms with van der Waals surface area (Å²) in [6, 6.07) is 21.0. The second-order valence-corrected chi connectivity index (χ2v) is 9.21. The van der Waals surface area contributed by atoms with Crippen LogP contribution in [0.4, 0.5) is 0 Å². The molecular formula is C31H47O. The number of hydrogen-bond acceptors (Lipinski definition) is 1. The summed E-state index contributed by atoms with van der Waals surface area (Å²) in [7, 11) is 0. The third kappa shape index (κ3) is 12.4. The molecule has 0 aliphatic carbocycles. The molecule has 2 aromatic carbocycles. The maximum absolute atomic E-state index is 6.25. The predicted octanol–water partition coefficient (Wildman–Crippen LogP) is 9.89. The molecule has 0 spiro atoms. The Labute approximate surface area is 199 Å². The molecule has 0 fully saturated rings. The molecule has 0 atom stereocenters. The van der Waals surface area contributed by atoms with Crippen LogP contribution in [0.1, 0.15) is 121 Å². The molecule has 0 saturated heterocycles. The van der Waals surface area contributed by atoms with E-state index in [2.05, 4.69) is 67.6 Å². The van der Waals surface area contributed by atoms with Gasteiger partial charge >= 0.3 is 0 Å². The van der Waals surface area contributed by atoms with Crippen LogP contribution in [0.15, 0.2) is 60.7 Å². The second-order valence-electron chi connectivity index (χ2n) is 9.21. The van der Waals surface area contributed by atoms with Crippen LogP contribution in [0.25, 0.3) is 0 Å². The van der Waals surface area contributed by atoms with Crippen molar-refractivity contribution in [2.24, 2.45) is 0 Å². The maximum Gasteiger partial charge on any atom is 0.155 e. The van der Waals surface area contributed by atoms with Gasteiger partial charge in [0.2, 0.25) is 0 Å². The van der Waals surface area contributed by atoms with Gasteiger partial charge in [0.05, 0.1) is 0 Å². The first-order chi connectivity index (χ1) is 15.9. The predicted molar refractivity (Wildman–Crippen MR) is 140 cm³/mol. The van der Waals surface area contributed by atoms with Gasteiger partial charge in [0.15, 0.2) is 6.10 Å². The molecule has 0 aromatic heterocycles. The van der Waals surface area contributed by atoms with E-state index in [1.54, 1.807) is 0 Å². The molecule has 2 aromatic rings. The average Bonchev–Trinajstić information content (AvgIpc) is 2.84. The Morgan fingerprint density at radius 1 is 0.469 bits per heavy atom. The van der Waals surface area contributed by atoms with E-state index in [9.17, 15) is 0 Å². The van der Waals surface area contributed by atoms with E-state index in [0.717, 1.165) is 30.3 Å². The van der Waals surface area contributed by atoms with Crippen LogP contribution in [0.5, 0.6) is 0 Å². The Hall–Kier alpha value is -1.60. The highest BCUT2D eigenvalue weighted by atomic mass is 16.5. The standard InChI is InChI=1S/C31H47O/c1-2-3-4-5-6-7-8-9-10-11-12-13-14-15-16-23-28-32-31(29-24-19-17-20-25-29)30-26-21-18-22-27-30/h17-22,24-27H,2-16,23,28H2,1H3. The fourth-order valence-corrected chi connectivity index (χ4v) is 4.34. The summed E-state index contributed by atoms with van der Waals surface area (Å²) >= 11 is 0. The van der Waals surface area contributed by atoms with E-state index in [1.165, 1.54) is 96.3 Å². The zero-order valence-corrected chi connectivity index (χ0v) is 20.7. The number of unbranched alkanes of at least 4 members (excludes halogenated alkanes) is 15. The van der Waals surface area contributed by atoms with Gasteiger partial charge in [-0.15, -0.1) is 0 Å². The third-order valence-corrected chi connectivity index (χ3v) is 6.32. The summed E-state index contributed by atoms with van der Waals surface area (Å²) in [5.74, 6) is 0. The highest BCUT2D eigenvalue weighted by Gasteiger charge is 2.15. The molecule has 0 N–H and O–H groups in total. The molecule has 177 valence electrons. The number of hydrogen-bond donors (Lipinski definition) is 0. The van der Waals surface area contributed by atoms with Crippen molar-refractivity contribution in [3.63, 3.8) is 0 Å². The fraction of sp³-hybridized carbons (Fsp3) is 0.581. The number of rotatable bonds is 20. The Balaban J connectivity index is 1.44. The SMILES string of the molecule is CCCCCCCCCCCCCCCCCCO[C](c1ccccc1)c1ccccc1. The zero-order chi connectivity index (χ0) is 22.5. The van der Waals surface area contributed by atoms with Crippen LogP contribution >= 0.6 is 0 Å². The number of ether oxygens (including phenoxy) is 1. The van der Waals surface area contributed by atoms with Crippen molar-refractivity contribution in [3.05, 3.63) is 77.9 Å². The Morgan fingerprint density at radius 2 is 0.812 bits per heavy atom. The van der Waals surface area contributed by atoms with E-state index in [-0.39, 0.29) is 0 Å². The van der Waals surface area contributed by atoms with Gasteiger partial charge in [-0.25, -0.2) is 0 Å². The minimum Gasteiger partial charge on any atom is -0.362 e. The average molecular weight is 436 g/mol. The molecule has 0 unspecified atom stereocenters. The topological polar surface area (TPSA) is 9.23 Å². The highest BCUT2D eigenvalue weighted by Crippen LogP contribution is 2.25. The summed E-state index contributed by atoms with van der Waals surface area (Å²) in [5, 5.41) is 0. The quantitative estimate of drug-likeness (QED) is 0.188. The van der Waals surface area contributed by atoms with Crippen molar-refractivity contribution in [3.8, 4) is 0 Å². The molecule has 0 aliphatic heterocycles. The van der Waals surface area contributed by atoms with Crippen molar-refractivity contribution in [2.75, 3.05) is 6.61 Å². The van der Waals surface area contributed by atoms with Crippen LogP contribution in [-0.4, -0.2) is 6.61 Å². The van der Waals surface area contributed by atoms with E-state index >= 15 is 0 Å². The lowest BCUT2D eigenvalue weighted by molar-refractivity contribution is 0.170. The van der Waals surface area contributed by atoms with E-state index in [1.807, 2.05) is 0 Å². The van der Waals surface area contributed by atoms with Crippen LogP contribution in [0, 0.1) is 6.10 Å². The van der Waals surface area contributed by atoms with Crippen molar-refractivity contribution in [1.82, 2.24) is 0 Å². The summed E-state index contributed by atoms with van der Waals surface area (Å²) < 4.78 is 6.25. The van der Waals surface area contributed by atoms with Crippen molar-refractivity contribution >= 4 is 0 Å². The second kappa shape index (κ2) is 18.9. The fourth-order valence-electron chi connectivity index (χ4n) is 4.34. The molecule has 1 nitrogen and oxygen atoms in total. The van der Waals surface area contributed by atoms with E-state index in [0.29, 0.717) is 0 Å². The zero-order valence-electron chi connectivity index (χ0n) is 20.7. The van der Waals surface area contributed by atoms with E-state index < -0.39 is 0 Å². The molecule has 0 bridgehead atoms. The van der Waals surface area contributed by atoms with Crippen LogP contribution < -0.4 is 0 Å². The Bertz CT molecular complexity index is 597. The van der Waals surface area contributed by atoms with Gasteiger partial charge in [0, 0.05) is 6.61 Å². The summed E-state index contributed by atoms with van der Waals surface area (Å²) in [6.45, 7) is 3.10. The lowest BCUT2D eigenvalue weighted by Gasteiger charge is -2.17. The van der Waals surface area contributed by atoms with Crippen molar-refractivity contribution in [1.29, 1.82) is 0 Å². The van der Waals surface area contributed by atoms with Gasteiger partial charge in [-0.3, -0.25) is 0 Å². The van der Waals surface area contributed by atoms with E-state index in [4.69, 9.17) is 4.74 Å². The summed E-state index contributed by atoms with van der Waals surface area (Å²) in [4.78, 5) is 0. The van der Waals surface area contributed by atoms with Gasteiger partial charge in [0.1, 0.15) is 0 Å². The van der Waals surface area contributed by atoms with Crippen LogP contribution in [0.2, 0.25) is 0 Å². The smallest absolute Gasteiger partial charge is 0.155 e. The van der Waals surface area contributed by atoms with Gasteiger partial charge in [-0.2, -0.15) is 0 Å². The van der Waals surface area contributed by atoms with Gasteiger partial charge in [-0.05, 0) is 17.5 Å². The molecule has 1 heteroatoms. The van der Waals surface area contributed by atoms with Crippen molar-refractivity contribution in [2.45, 2.75) is 110 Å². The highest BCUT2D eigenvalue weighted by molar-refractivity contribution is 5.41. The number of benzene rings is 2. The molecule has 32 heavy (non-hydrogen) atoms. The van der Waals surface area contributed by atoms with Gasteiger partial charge < -0.3 is 4.74 Å².